The molecular formula is C14H17N3. The first-order valence-electron chi connectivity index (χ1n) is 6.25. The molecule has 0 spiro atoms. The van der Waals surface area contributed by atoms with Gasteiger partial charge in [-0.05, 0) is 43.5 Å². The molecule has 0 saturated heterocycles. The standard InChI is InChI=1S/C14H17N3/c15-10-9-14-12-7-4-8-13(12)16-17(14)11-5-2-1-3-6-11/h1-3,5-6H,4,7-10,15H2. The maximum atomic E-state index is 5.72. The highest BCUT2D eigenvalue weighted by Crippen LogP contribution is 2.27. The lowest BCUT2D eigenvalue weighted by Gasteiger charge is -2.08. The van der Waals surface area contributed by atoms with Crippen LogP contribution in [-0.2, 0) is 19.3 Å². The van der Waals surface area contributed by atoms with Gasteiger partial charge in [-0.3, -0.25) is 0 Å². The molecule has 1 heterocycles. The second kappa shape index (κ2) is 4.34. The van der Waals surface area contributed by atoms with Crippen molar-refractivity contribution in [3.05, 3.63) is 47.3 Å². The fourth-order valence-corrected chi connectivity index (χ4v) is 2.63. The Morgan fingerprint density at radius 1 is 1.18 bits per heavy atom. The molecule has 1 aliphatic carbocycles. The van der Waals surface area contributed by atoms with E-state index < -0.39 is 0 Å². The van der Waals surface area contributed by atoms with Gasteiger partial charge in [0.05, 0.1) is 11.4 Å². The molecule has 0 radical (unpaired) electrons. The third-order valence-corrected chi connectivity index (χ3v) is 3.40. The van der Waals surface area contributed by atoms with Gasteiger partial charge in [-0.2, -0.15) is 5.10 Å². The van der Waals surface area contributed by atoms with Gasteiger partial charge in [-0.25, -0.2) is 4.68 Å². The van der Waals surface area contributed by atoms with Crippen molar-refractivity contribution in [1.82, 2.24) is 9.78 Å². The quantitative estimate of drug-likeness (QED) is 0.869. The summed E-state index contributed by atoms with van der Waals surface area (Å²) < 4.78 is 2.08. The summed E-state index contributed by atoms with van der Waals surface area (Å²) in [6, 6.07) is 10.3. The minimum Gasteiger partial charge on any atom is -0.330 e. The molecule has 88 valence electrons. The molecule has 1 aliphatic rings. The smallest absolute Gasteiger partial charge is 0.0664 e. The highest BCUT2D eigenvalue weighted by molar-refractivity contribution is 5.39. The fourth-order valence-electron chi connectivity index (χ4n) is 2.63. The van der Waals surface area contributed by atoms with Gasteiger partial charge in [-0.1, -0.05) is 18.2 Å². The Labute approximate surface area is 101 Å². The molecule has 3 rings (SSSR count). The van der Waals surface area contributed by atoms with Crippen LogP contribution >= 0.6 is 0 Å². The van der Waals surface area contributed by atoms with Crippen LogP contribution in [0.4, 0.5) is 0 Å². The lowest BCUT2D eigenvalue weighted by Crippen LogP contribution is -2.10. The van der Waals surface area contributed by atoms with E-state index in [4.69, 9.17) is 10.8 Å². The number of nitrogens with two attached hydrogens (primary N) is 1. The number of hydrogen-bond donors (Lipinski definition) is 1. The van der Waals surface area contributed by atoms with E-state index in [9.17, 15) is 0 Å². The maximum Gasteiger partial charge on any atom is 0.0664 e. The highest BCUT2D eigenvalue weighted by atomic mass is 15.3. The summed E-state index contributed by atoms with van der Waals surface area (Å²) in [5, 5.41) is 4.74. The van der Waals surface area contributed by atoms with Crippen molar-refractivity contribution >= 4 is 0 Å². The van der Waals surface area contributed by atoms with E-state index in [1.165, 1.54) is 23.4 Å². The highest BCUT2D eigenvalue weighted by Gasteiger charge is 2.21. The summed E-state index contributed by atoms with van der Waals surface area (Å²) in [7, 11) is 0. The first-order valence-corrected chi connectivity index (χ1v) is 6.25. The lowest BCUT2D eigenvalue weighted by atomic mass is 10.1. The van der Waals surface area contributed by atoms with Crippen molar-refractivity contribution in [2.24, 2.45) is 5.73 Å². The molecule has 1 aromatic carbocycles. The average Bonchev–Trinajstić information content (AvgIpc) is 2.93. The zero-order chi connectivity index (χ0) is 11.7. The molecule has 0 atom stereocenters. The van der Waals surface area contributed by atoms with E-state index in [0.29, 0.717) is 6.54 Å². The first kappa shape index (κ1) is 10.5. The minimum absolute atomic E-state index is 0.685. The van der Waals surface area contributed by atoms with Gasteiger partial charge in [0.1, 0.15) is 0 Å². The average molecular weight is 227 g/mol. The van der Waals surface area contributed by atoms with Crippen LogP contribution < -0.4 is 5.73 Å². The Bertz CT molecular complexity index is 514. The van der Waals surface area contributed by atoms with Gasteiger partial charge in [-0.15, -0.1) is 0 Å². The number of rotatable bonds is 3. The third kappa shape index (κ3) is 1.76. The van der Waals surface area contributed by atoms with Crippen LogP contribution in [-0.4, -0.2) is 16.3 Å². The number of hydrogen-bond acceptors (Lipinski definition) is 2. The first-order chi connectivity index (χ1) is 8.40. The summed E-state index contributed by atoms with van der Waals surface area (Å²) in [4.78, 5) is 0. The van der Waals surface area contributed by atoms with E-state index in [1.54, 1.807) is 0 Å². The summed E-state index contributed by atoms with van der Waals surface area (Å²) in [6.07, 6.45) is 4.44. The molecule has 0 bridgehead atoms. The summed E-state index contributed by atoms with van der Waals surface area (Å²) in [5.41, 5.74) is 10.9. The van der Waals surface area contributed by atoms with Crippen LogP contribution in [0.5, 0.6) is 0 Å². The van der Waals surface area contributed by atoms with E-state index in [0.717, 1.165) is 24.9 Å². The van der Waals surface area contributed by atoms with Crippen molar-refractivity contribution in [3.8, 4) is 5.69 Å². The second-order valence-corrected chi connectivity index (χ2v) is 4.51. The van der Waals surface area contributed by atoms with Crippen LogP contribution in [0.3, 0.4) is 0 Å². The SMILES string of the molecule is NCCc1c2c(nn1-c1ccccc1)CCC2. The molecule has 3 heteroatoms. The van der Waals surface area contributed by atoms with Gasteiger partial charge in [0.2, 0.25) is 0 Å². The van der Waals surface area contributed by atoms with Crippen molar-refractivity contribution in [3.63, 3.8) is 0 Å². The van der Waals surface area contributed by atoms with Crippen LogP contribution in [0.1, 0.15) is 23.4 Å². The van der Waals surface area contributed by atoms with Crippen molar-refractivity contribution in [2.75, 3.05) is 6.54 Å². The molecule has 3 nitrogen and oxygen atoms in total. The monoisotopic (exact) mass is 227 g/mol. The second-order valence-electron chi connectivity index (χ2n) is 4.51. The van der Waals surface area contributed by atoms with Gasteiger partial charge < -0.3 is 5.73 Å². The molecule has 17 heavy (non-hydrogen) atoms. The summed E-state index contributed by atoms with van der Waals surface area (Å²) >= 11 is 0. The van der Waals surface area contributed by atoms with E-state index in [-0.39, 0.29) is 0 Å². The van der Waals surface area contributed by atoms with Gasteiger partial charge in [0.15, 0.2) is 0 Å². The Morgan fingerprint density at radius 3 is 2.76 bits per heavy atom. The van der Waals surface area contributed by atoms with Crippen molar-refractivity contribution in [2.45, 2.75) is 25.7 Å². The van der Waals surface area contributed by atoms with Crippen molar-refractivity contribution < 1.29 is 0 Å². The van der Waals surface area contributed by atoms with Gasteiger partial charge in [0.25, 0.3) is 0 Å². The zero-order valence-electron chi connectivity index (χ0n) is 9.89. The lowest BCUT2D eigenvalue weighted by molar-refractivity contribution is 0.745. The largest absolute Gasteiger partial charge is 0.330 e. The molecule has 0 aliphatic heterocycles. The number of aromatic nitrogens is 2. The van der Waals surface area contributed by atoms with E-state index in [1.807, 2.05) is 18.2 Å². The Balaban J connectivity index is 2.11. The Morgan fingerprint density at radius 2 is 2.00 bits per heavy atom. The van der Waals surface area contributed by atoms with Crippen LogP contribution in [0.25, 0.3) is 5.69 Å². The number of benzene rings is 1. The molecule has 1 aromatic heterocycles. The van der Waals surface area contributed by atoms with Crippen LogP contribution in [0, 0.1) is 0 Å². The topological polar surface area (TPSA) is 43.8 Å². The number of aryl methyl sites for hydroxylation is 1. The fraction of sp³-hybridized carbons (Fsp3) is 0.357. The molecule has 0 saturated carbocycles. The zero-order valence-corrected chi connectivity index (χ0v) is 9.89. The van der Waals surface area contributed by atoms with Gasteiger partial charge >= 0.3 is 0 Å². The number of para-hydroxylation sites is 1. The maximum absolute atomic E-state index is 5.72. The van der Waals surface area contributed by atoms with Crippen molar-refractivity contribution in [1.29, 1.82) is 0 Å². The molecule has 0 fully saturated rings. The third-order valence-electron chi connectivity index (χ3n) is 3.40. The normalized spacial score (nSPS) is 13.9. The Kier molecular flexibility index (Phi) is 2.69. The number of fused-ring (bicyclic) bond motifs is 1. The number of nitrogens with zero attached hydrogens (tertiary/aromatic N) is 2. The van der Waals surface area contributed by atoms with Crippen LogP contribution in [0.2, 0.25) is 0 Å². The molecule has 0 unspecified atom stereocenters. The van der Waals surface area contributed by atoms with E-state index >= 15 is 0 Å². The summed E-state index contributed by atoms with van der Waals surface area (Å²) in [6.45, 7) is 0.685. The molecule has 0 amide bonds. The molecule has 2 N–H and O–H groups in total. The molecular weight excluding hydrogens is 210 g/mol. The van der Waals surface area contributed by atoms with Crippen LogP contribution in [0.15, 0.2) is 30.3 Å². The predicted octanol–water partition coefficient (Wildman–Crippen LogP) is 1.86. The van der Waals surface area contributed by atoms with Gasteiger partial charge in [0, 0.05) is 12.1 Å². The summed E-state index contributed by atoms with van der Waals surface area (Å²) in [5.74, 6) is 0. The predicted molar refractivity (Wildman–Crippen MR) is 68.3 cm³/mol. The van der Waals surface area contributed by atoms with E-state index in [2.05, 4.69) is 16.8 Å². The molecule has 2 aromatic rings. The Hall–Kier alpha value is -1.61. The minimum atomic E-state index is 0.685.